The highest BCUT2D eigenvalue weighted by Gasteiger charge is 2.23. The number of thiazole rings is 1. The average molecular weight is 363 g/mol. The average Bonchev–Trinajstić information content (AvgIpc) is 3.28. The first kappa shape index (κ1) is 17.3. The third kappa shape index (κ3) is 4.32. The number of rotatable bonds is 7. The van der Waals surface area contributed by atoms with Gasteiger partial charge in [-0.05, 0) is 26.7 Å². The molecule has 0 spiro atoms. The highest BCUT2D eigenvalue weighted by molar-refractivity contribution is 7.17. The molecule has 0 saturated heterocycles. The van der Waals surface area contributed by atoms with E-state index in [4.69, 9.17) is 4.74 Å². The molecule has 1 fully saturated rings. The van der Waals surface area contributed by atoms with Crippen LogP contribution >= 0.6 is 11.3 Å². The van der Waals surface area contributed by atoms with Crippen molar-refractivity contribution in [1.29, 1.82) is 0 Å². The van der Waals surface area contributed by atoms with E-state index in [-0.39, 0.29) is 5.97 Å². The SMILES string of the molecule is CCOC(=O)c1sc(Nc2nc(NC3CC3)nc(N(C)C)n2)nc1C. The summed E-state index contributed by atoms with van der Waals surface area (Å²) in [5.74, 6) is 1.08. The molecule has 134 valence electrons. The van der Waals surface area contributed by atoms with Crippen LogP contribution in [0.5, 0.6) is 0 Å². The second-order valence-corrected chi connectivity index (χ2v) is 6.87. The Hall–Kier alpha value is -2.49. The van der Waals surface area contributed by atoms with Gasteiger partial charge in [-0.1, -0.05) is 11.3 Å². The van der Waals surface area contributed by atoms with Gasteiger partial charge in [0.1, 0.15) is 4.88 Å². The van der Waals surface area contributed by atoms with Gasteiger partial charge in [0.15, 0.2) is 5.13 Å². The summed E-state index contributed by atoms with van der Waals surface area (Å²) in [6.45, 7) is 3.87. The van der Waals surface area contributed by atoms with Crippen molar-refractivity contribution in [2.75, 3.05) is 36.2 Å². The van der Waals surface area contributed by atoms with Crippen molar-refractivity contribution < 1.29 is 9.53 Å². The molecular formula is C15H21N7O2S. The third-order valence-electron chi connectivity index (χ3n) is 3.41. The number of nitrogens with zero attached hydrogens (tertiary/aromatic N) is 5. The lowest BCUT2D eigenvalue weighted by Crippen LogP contribution is -2.17. The molecule has 0 aliphatic heterocycles. The fourth-order valence-electron chi connectivity index (χ4n) is 2.03. The molecule has 0 atom stereocenters. The van der Waals surface area contributed by atoms with Crippen LogP contribution in [0.15, 0.2) is 0 Å². The van der Waals surface area contributed by atoms with E-state index in [1.54, 1.807) is 13.8 Å². The van der Waals surface area contributed by atoms with E-state index < -0.39 is 0 Å². The van der Waals surface area contributed by atoms with E-state index in [9.17, 15) is 4.79 Å². The fraction of sp³-hybridized carbons (Fsp3) is 0.533. The molecular weight excluding hydrogens is 342 g/mol. The van der Waals surface area contributed by atoms with Crippen LogP contribution in [0.1, 0.15) is 35.1 Å². The molecule has 2 aromatic rings. The number of carbonyl (C=O) groups is 1. The molecule has 3 rings (SSSR count). The molecule has 10 heteroatoms. The summed E-state index contributed by atoms with van der Waals surface area (Å²) in [5, 5.41) is 6.87. The number of anilines is 4. The molecule has 0 radical (unpaired) electrons. The molecule has 0 bridgehead atoms. The molecule has 2 N–H and O–H groups in total. The molecule has 1 aliphatic carbocycles. The van der Waals surface area contributed by atoms with Crippen LogP contribution in [0.4, 0.5) is 23.0 Å². The molecule has 0 amide bonds. The van der Waals surface area contributed by atoms with Crippen molar-refractivity contribution in [2.45, 2.75) is 32.7 Å². The van der Waals surface area contributed by atoms with Crippen LogP contribution < -0.4 is 15.5 Å². The van der Waals surface area contributed by atoms with Gasteiger partial charge in [-0.15, -0.1) is 0 Å². The van der Waals surface area contributed by atoms with Crippen LogP contribution in [0, 0.1) is 6.92 Å². The molecule has 0 unspecified atom stereocenters. The smallest absolute Gasteiger partial charge is 0.350 e. The highest BCUT2D eigenvalue weighted by Crippen LogP contribution is 2.27. The predicted molar refractivity (Wildman–Crippen MR) is 96.9 cm³/mol. The van der Waals surface area contributed by atoms with E-state index in [1.807, 2.05) is 19.0 Å². The van der Waals surface area contributed by atoms with Gasteiger partial charge < -0.3 is 15.0 Å². The van der Waals surface area contributed by atoms with Crippen LogP contribution in [0.3, 0.4) is 0 Å². The Labute approximate surface area is 149 Å². The Morgan fingerprint density at radius 1 is 1.24 bits per heavy atom. The van der Waals surface area contributed by atoms with Crippen LogP contribution in [0.25, 0.3) is 0 Å². The lowest BCUT2D eigenvalue weighted by atomic mass is 10.4. The maximum Gasteiger partial charge on any atom is 0.350 e. The normalized spacial score (nSPS) is 13.4. The van der Waals surface area contributed by atoms with Gasteiger partial charge >= 0.3 is 5.97 Å². The Bertz CT molecular complexity index is 773. The first-order valence-corrected chi connectivity index (χ1v) is 8.89. The topological polar surface area (TPSA) is 105 Å². The summed E-state index contributed by atoms with van der Waals surface area (Å²) < 4.78 is 5.04. The molecule has 0 aromatic carbocycles. The van der Waals surface area contributed by atoms with Crippen molar-refractivity contribution in [3.63, 3.8) is 0 Å². The molecule has 2 heterocycles. The maximum atomic E-state index is 11.9. The minimum absolute atomic E-state index is 0.328. The lowest BCUT2D eigenvalue weighted by Gasteiger charge is -2.13. The molecule has 1 saturated carbocycles. The summed E-state index contributed by atoms with van der Waals surface area (Å²) in [4.78, 5) is 31.7. The minimum Gasteiger partial charge on any atom is -0.462 e. The van der Waals surface area contributed by atoms with E-state index in [0.717, 1.165) is 12.8 Å². The number of hydrogen-bond donors (Lipinski definition) is 2. The van der Waals surface area contributed by atoms with E-state index >= 15 is 0 Å². The number of aromatic nitrogens is 4. The Kier molecular flexibility index (Phi) is 4.98. The summed E-state index contributed by atoms with van der Waals surface area (Å²) in [6, 6.07) is 0.433. The minimum atomic E-state index is -0.369. The summed E-state index contributed by atoms with van der Waals surface area (Å²) in [6.07, 6.45) is 2.25. The van der Waals surface area contributed by atoms with Crippen molar-refractivity contribution in [1.82, 2.24) is 19.9 Å². The summed E-state index contributed by atoms with van der Waals surface area (Å²) in [5.41, 5.74) is 0.615. The van der Waals surface area contributed by atoms with Crippen molar-refractivity contribution in [3.05, 3.63) is 10.6 Å². The lowest BCUT2D eigenvalue weighted by molar-refractivity contribution is 0.0531. The first-order valence-electron chi connectivity index (χ1n) is 8.07. The van der Waals surface area contributed by atoms with Crippen LogP contribution in [-0.4, -0.2) is 52.6 Å². The molecule has 25 heavy (non-hydrogen) atoms. The molecule has 9 nitrogen and oxygen atoms in total. The maximum absolute atomic E-state index is 11.9. The number of ether oxygens (including phenoxy) is 1. The molecule has 1 aliphatic rings. The summed E-state index contributed by atoms with van der Waals surface area (Å²) in [7, 11) is 3.73. The van der Waals surface area contributed by atoms with Crippen molar-refractivity contribution in [3.8, 4) is 0 Å². The standard InChI is InChI=1S/C15H21N7O2S/c1-5-24-11(23)10-8(2)16-15(25-10)21-13-18-12(17-9-6-7-9)19-14(20-13)22(3)4/h9H,5-7H2,1-4H3,(H2,16,17,18,19,20,21). The van der Waals surface area contributed by atoms with Gasteiger partial charge in [0.2, 0.25) is 17.8 Å². The molecule has 2 aromatic heterocycles. The number of nitrogens with one attached hydrogen (secondary N) is 2. The highest BCUT2D eigenvalue weighted by atomic mass is 32.1. The Morgan fingerprint density at radius 2 is 1.96 bits per heavy atom. The number of esters is 1. The Morgan fingerprint density at radius 3 is 2.60 bits per heavy atom. The zero-order valence-corrected chi connectivity index (χ0v) is 15.5. The predicted octanol–water partition coefficient (Wildman–Crippen LogP) is 2.20. The fourth-order valence-corrected chi connectivity index (χ4v) is 2.88. The quantitative estimate of drug-likeness (QED) is 0.716. The van der Waals surface area contributed by atoms with Gasteiger partial charge in [0.25, 0.3) is 0 Å². The first-order chi connectivity index (χ1) is 12.0. The van der Waals surface area contributed by atoms with Gasteiger partial charge in [0.05, 0.1) is 12.3 Å². The van der Waals surface area contributed by atoms with Crippen LogP contribution in [0.2, 0.25) is 0 Å². The largest absolute Gasteiger partial charge is 0.462 e. The monoisotopic (exact) mass is 363 g/mol. The van der Waals surface area contributed by atoms with Crippen molar-refractivity contribution >= 4 is 40.3 Å². The Balaban J connectivity index is 1.82. The second kappa shape index (κ2) is 7.18. The van der Waals surface area contributed by atoms with E-state index in [1.165, 1.54) is 11.3 Å². The van der Waals surface area contributed by atoms with Crippen molar-refractivity contribution in [2.24, 2.45) is 0 Å². The van der Waals surface area contributed by atoms with Gasteiger partial charge in [-0.25, -0.2) is 9.78 Å². The van der Waals surface area contributed by atoms with E-state index in [2.05, 4.69) is 30.6 Å². The van der Waals surface area contributed by atoms with Gasteiger partial charge in [-0.3, -0.25) is 5.32 Å². The van der Waals surface area contributed by atoms with Gasteiger partial charge in [0, 0.05) is 20.1 Å². The zero-order valence-electron chi connectivity index (χ0n) is 14.7. The number of hydrogen-bond acceptors (Lipinski definition) is 10. The third-order valence-corrected chi connectivity index (χ3v) is 4.46. The van der Waals surface area contributed by atoms with Gasteiger partial charge in [-0.2, -0.15) is 15.0 Å². The van der Waals surface area contributed by atoms with Crippen LogP contribution in [-0.2, 0) is 4.74 Å². The number of carbonyl (C=O) groups excluding carboxylic acids is 1. The number of aryl methyl sites for hydroxylation is 1. The summed E-state index contributed by atoms with van der Waals surface area (Å²) >= 11 is 1.22. The zero-order chi connectivity index (χ0) is 18.0. The second-order valence-electron chi connectivity index (χ2n) is 5.87. The van der Waals surface area contributed by atoms with E-state index in [0.29, 0.717) is 46.2 Å².